The molecule has 1 saturated heterocycles. The van der Waals surface area contributed by atoms with Gasteiger partial charge >= 0.3 is 0 Å². The minimum Gasteiger partial charge on any atom is -0.457 e. The van der Waals surface area contributed by atoms with Crippen LogP contribution in [-0.4, -0.2) is 11.8 Å². The van der Waals surface area contributed by atoms with Crippen molar-refractivity contribution in [2.24, 2.45) is 11.8 Å². The lowest BCUT2D eigenvalue weighted by molar-refractivity contribution is -0.122. The van der Waals surface area contributed by atoms with E-state index < -0.39 is 11.8 Å². The lowest BCUT2D eigenvalue weighted by Crippen LogP contribution is -2.31. The van der Waals surface area contributed by atoms with Gasteiger partial charge in [-0.2, -0.15) is 0 Å². The van der Waals surface area contributed by atoms with Crippen molar-refractivity contribution in [3.63, 3.8) is 0 Å². The Labute approximate surface area is 216 Å². The molecule has 0 saturated carbocycles. The van der Waals surface area contributed by atoms with Crippen LogP contribution in [0.3, 0.4) is 0 Å². The summed E-state index contributed by atoms with van der Waals surface area (Å²) in [5.74, 6) is -0.159. The number of fused-ring (bicyclic) bond motifs is 1. The van der Waals surface area contributed by atoms with Crippen molar-refractivity contribution >= 4 is 17.5 Å². The smallest absolute Gasteiger partial charge is 0.238 e. The van der Waals surface area contributed by atoms with Gasteiger partial charge in [-0.15, -0.1) is 0 Å². The minimum atomic E-state index is -0.464. The number of anilines is 1. The molecular weight excluding hydrogens is 458 g/mol. The maximum atomic E-state index is 14.0. The quantitative estimate of drug-likeness (QED) is 0.225. The van der Waals surface area contributed by atoms with Gasteiger partial charge in [0.15, 0.2) is 0 Å². The highest BCUT2D eigenvalue weighted by Crippen LogP contribution is 2.50. The largest absolute Gasteiger partial charge is 0.457 e. The monoisotopic (exact) mass is 485 g/mol. The van der Waals surface area contributed by atoms with Crippen molar-refractivity contribution in [3.8, 4) is 11.5 Å². The van der Waals surface area contributed by atoms with Crippen LogP contribution < -0.4 is 9.64 Å². The third-order valence-corrected chi connectivity index (χ3v) is 7.42. The average molecular weight is 486 g/mol. The number of hydrogen-bond donors (Lipinski definition) is 0. The summed E-state index contributed by atoms with van der Waals surface area (Å²) in [6.45, 7) is 2.03. The van der Waals surface area contributed by atoms with Crippen molar-refractivity contribution in [3.05, 3.63) is 138 Å². The zero-order chi connectivity index (χ0) is 25.4. The molecule has 0 radical (unpaired) electrons. The highest BCUT2D eigenvalue weighted by Gasteiger charge is 2.55. The molecule has 4 atom stereocenters. The van der Waals surface area contributed by atoms with E-state index in [4.69, 9.17) is 4.74 Å². The second-order valence-electron chi connectivity index (χ2n) is 9.73. The van der Waals surface area contributed by atoms with Gasteiger partial charge in [0.2, 0.25) is 11.8 Å². The standard InChI is InChI=1S/C33H27NO3/c1-22-12-16-26(17-13-22)37-27-18-14-25(15-19-27)34-32(35)30-28(23-8-4-2-5-9-23)20-21-29(31(30)33(34)36)24-10-6-3-7-11-24/h2-21,28-31H,1H3/t28-,29-,30-,31+/m0/s1. The number of ether oxygens (including phenoxy) is 1. The summed E-state index contributed by atoms with van der Waals surface area (Å²) in [7, 11) is 0. The number of nitrogens with zero attached hydrogens (tertiary/aromatic N) is 1. The number of rotatable bonds is 5. The number of hydrogen-bond acceptors (Lipinski definition) is 3. The first-order valence-electron chi connectivity index (χ1n) is 12.6. The Kier molecular flexibility index (Phi) is 5.93. The van der Waals surface area contributed by atoms with Crippen LogP contribution in [0.2, 0.25) is 0 Å². The van der Waals surface area contributed by atoms with E-state index in [9.17, 15) is 9.59 Å². The first-order valence-corrected chi connectivity index (χ1v) is 12.6. The van der Waals surface area contributed by atoms with E-state index in [-0.39, 0.29) is 23.7 Å². The Hall–Kier alpha value is -4.44. The van der Waals surface area contributed by atoms with E-state index in [1.165, 1.54) is 4.90 Å². The fourth-order valence-corrected chi connectivity index (χ4v) is 5.59. The highest BCUT2D eigenvalue weighted by atomic mass is 16.5. The number of allylic oxidation sites excluding steroid dienone is 2. The number of imide groups is 1. The van der Waals surface area contributed by atoms with Crippen molar-refractivity contribution < 1.29 is 14.3 Å². The molecule has 4 aromatic rings. The molecule has 1 heterocycles. The highest BCUT2D eigenvalue weighted by molar-refractivity contribution is 6.23. The van der Waals surface area contributed by atoms with Crippen LogP contribution in [0.1, 0.15) is 28.5 Å². The first-order chi connectivity index (χ1) is 18.1. The van der Waals surface area contributed by atoms with Crippen LogP contribution in [0.4, 0.5) is 5.69 Å². The fourth-order valence-electron chi connectivity index (χ4n) is 5.59. The molecule has 2 aliphatic rings. The molecule has 0 spiro atoms. The second kappa shape index (κ2) is 9.55. The molecule has 182 valence electrons. The van der Waals surface area contributed by atoms with Gasteiger partial charge in [-0.1, -0.05) is 90.5 Å². The van der Waals surface area contributed by atoms with Gasteiger partial charge in [-0.05, 0) is 54.4 Å². The number of carbonyl (C=O) groups is 2. The zero-order valence-electron chi connectivity index (χ0n) is 20.5. The molecule has 1 aliphatic carbocycles. The Morgan fingerprint density at radius 3 is 1.46 bits per heavy atom. The number of carbonyl (C=O) groups excluding carboxylic acids is 2. The molecule has 2 amide bonds. The Balaban J connectivity index is 1.34. The minimum absolute atomic E-state index is 0.152. The van der Waals surface area contributed by atoms with Crippen LogP contribution >= 0.6 is 0 Å². The molecular formula is C33H27NO3. The molecule has 4 nitrogen and oxygen atoms in total. The van der Waals surface area contributed by atoms with Gasteiger partial charge < -0.3 is 4.74 Å². The lowest BCUT2D eigenvalue weighted by Gasteiger charge is -2.32. The maximum Gasteiger partial charge on any atom is 0.238 e. The van der Waals surface area contributed by atoms with E-state index in [0.717, 1.165) is 22.4 Å². The van der Waals surface area contributed by atoms with E-state index in [1.54, 1.807) is 24.3 Å². The molecule has 4 aromatic carbocycles. The van der Waals surface area contributed by atoms with Crippen LogP contribution in [0.15, 0.2) is 121 Å². The summed E-state index contributed by atoms with van der Waals surface area (Å²) >= 11 is 0. The fraction of sp³-hybridized carbons (Fsp3) is 0.152. The Morgan fingerprint density at radius 2 is 1.00 bits per heavy atom. The molecule has 6 rings (SSSR count). The second-order valence-corrected chi connectivity index (χ2v) is 9.73. The van der Waals surface area contributed by atoms with Crippen LogP contribution in [0.5, 0.6) is 11.5 Å². The predicted octanol–water partition coefficient (Wildman–Crippen LogP) is 7.03. The van der Waals surface area contributed by atoms with Crippen LogP contribution in [0.25, 0.3) is 0 Å². The Bertz CT molecular complexity index is 1380. The van der Waals surface area contributed by atoms with E-state index in [2.05, 4.69) is 12.2 Å². The van der Waals surface area contributed by atoms with Gasteiger partial charge in [-0.3, -0.25) is 9.59 Å². The summed E-state index contributed by atoms with van der Waals surface area (Å²) in [4.78, 5) is 29.3. The average Bonchev–Trinajstić information content (AvgIpc) is 3.21. The van der Waals surface area contributed by atoms with Gasteiger partial charge in [0, 0.05) is 11.8 Å². The summed E-state index contributed by atoms with van der Waals surface area (Å²) < 4.78 is 5.95. The van der Waals surface area contributed by atoms with Gasteiger partial charge in [0.1, 0.15) is 11.5 Å². The number of aryl methyl sites for hydroxylation is 1. The van der Waals surface area contributed by atoms with Crippen molar-refractivity contribution in [2.45, 2.75) is 18.8 Å². The molecule has 4 heteroatoms. The van der Waals surface area contributed by atoms with Gasteiger partial charge in [0.05, 0.1) is 17.5 Å². The lowest BCUT2D eigenvalue weighted by atomic mass is 9.68. The van der Waals surface area contributed by atoms with Gasteiger partial charge in [-0.25, -0.2) is 4.90 Å². The summed E-state index contributed by atoms with van der Waals surface area (Å²) in [6, 6.07) is 35.0. The van der Waals surface area contributed by atoms with Crippen molar-refractivity contribution in [1.82, 2.24) is 0 Å². The third kappa shape index (κ3) is 4.25. The summed E-state index contributed by atoms with van der Waals surface area (Å²) in [6.07, 6.45) is 4.22. The van der Waals surface area contributed by atoms with E-state index in [0.29, 0.717) is 11.4 Å². The number of amides is 2. The zero-order valence-corrected chi connectivity index (χ0v) is 20.5. The molecule has 0 N–H and O–H groups in total. The summed E-state index contributed by atoms with van der Waals surface area (Å²) in [5.41, 5.74) is 3.82. The number of benzene rings is 4. The Morgan fingerprint density at radius 1 is 0.568 bits per heavy atom. The van der Waals surface area contributed by atoms with E-state index >= 15 is 0 Å². The van der Waals surface area contributed by atoms with E-state index in [1.807, 2.05) is 91.9 Å². The molecule has 1 fully saturated rings. The molecule has 1 aliphatic heterocycles. The van der Waals surface area contributed by atoms with Gasteiger partial charge in [0.25, 0.3) is 0 Å². The van der Waals surface area contributed by atoms with Crippen LogP contribution in [0, 0.1) is 18.8 Å². The molecule has 0 bridgehead atoms. The van der Waals surface area contributed by atoms with Crippen molar-refractivity contribution in [2.75, 3.05) is 4.90 Å². The van der Waals surface area contributed by atoms with Crippen molar-refractivity contribution in [1.29, 1.82) is 0 Å². The SMILES string of the molecule is Cc1ccc(Oc2ccc(N3C(=O)[C@@H]4[C@H](C3=O)[C@H](c3ccccc3)C=C[C@H]4c3ccccc3)cc2)cc1. The molecule has 0 aromatic heterocycles. The first kappa shape index (κ1) is 23.0. The van der Waals surface area contributed by atoms with Crippen LogP contribution in [-0.2, 0) is 9.59 Å². The molecule has 0 unspecified atom stereocenters. The maximum absolute atomic E-state index is 14.0. The predicted molar refractivity (Wildman–Crippen MR) is 145 cm³/mol. The normalized spacial score (nSPS) is 22.7. The third-order valence-electron chi connectivity index (χ3n) is 7.42. The summed E-state index contributed by atoms with van der Waals surface area (Å²) in [5, 5.41) is 0. The topological polar surface area (TPSA) is 46.6 Å². The molecule has 37 heavy (non-hydrogen) atoms.